The number of anilines is 1. The number of benzene rings is 1. The predicted molar refractivity (Wildman–Crippen MR) is 92.1 cm³/mol. The van der Waals surface area contributed by atoms with E-state index in [2.05, 4.69) is 10.3 Å². The number of aromatic amines is 1. The van der Waals surface area contributed by atoms with Crippen molar-refractivity contribution in [2.24, 2.45) is 0 Å². The Morgan fingerprint density at radius 2 is 2.08 bits per heavy atom. The number of amides is 1. The van der Waals surface area contributed by atoms with Crippen molar-refractivity contribution in [3.05, 3.63) is 63.4 Å². The monoisotopic (exact) mass is 361 g/mol. The van der Waals surface area contributed by atoms with E-state index in [1.807, 2.05) is 6.07 Å². The minimum Gasteiger partial charge on any atom is -0.441 e. The summed E-state index contributed by atoms with van der Waals surface area (Å²) in [5.41, 5.74) is -0.572. The molecule has 1 aliphatic heterocycles. The van der Waals surface area contributed by atoms with Gasteiger partial charge in [-0.05, 0) is 12.1 Å². The minimum atomic E-state index is -0.860. The van der Waals surface area contributed by atoms with Gasteiger partial charge in [-0.1, -0.05) is 18.2 Å². The Kier molecular flexibility index (Phi) is 5.49. The molecule has 1 fully saturated rings. The molecule has 1 saturated heterocycles. The second-order valence-corrected chi connectivity index (χ2v) is 5.79. The number of H-pyrrole nitrogens is 1. The van der Waals surface area contributed by atoms with E-state index in [9.17, 15) is 14.4 Å². The van der Waals surface area contributed by atoms with Gasteiger partial charge < -0.3 is 14.2 Å². The van der Waals surface area contributed by atoms with Crippen LogP contribution in [0.5, 0.6) is 0 Å². The summed E-state index contributed by atoms with van der Waals surface area (Å²) in [6.07, 6.45) is -0.925. The summed E-state index contributed by atoms with van der Waals surface area (Å²) in [5, 5.41) is 2.62. The number of aromatic nitrogens is 2. The lowest BCUT2D eigenvalue weighted by molar-refractivity contribution is -0.0594. The van der Waals surface area contributed by atoms with E-state index in [1.54, 1.807) is 24.3 Å². The number of methoxy groups -OCH3 is 1. The van der Waals surface area contributed by atoms with E-state index in [-0.39, 0.29) is 12.7 Å². The maximum atomic E-state index is 12.2. The average Bonchev–Trinajstić information content (AvgIpc) is 2.98. The molecule has 1 aromatic carbocycles. The van der Waals surface area contributed by atoms with Gasteiger partial charge in [-0.25, -0.2) is 9.59 Å². The van der Waals surface area contributed by atoms with Crippen molar-refractivity contribution < 1.29 is 19.0 Å². The van der Waals surface area contributed by atoms with E-state index in [0.717, 1.165) is 0 Å². The van der Waals surface area contributed by atoms with Crippen LogP contribution in [0.2, 0.25) is 0 Å². The molecular weight excluding hydrogens is 342 g/mol. The van der Waals surface area contributed by atoms with Crippen LogP contribution in [-0.4, -0.2) is 41.6 Å². The summed E-state index contributed by atoms with van der Waals surface area (Å²) < 4.78 is 17.5. The molecule has 138 valence electrons. The number of hydrogen-bond acceptors (Lipinski definition) is 6. The molecule has 9 nitrogen and oxygen atoms in total. The fourth-order valence-corrected chi connectivity index (χ4v) is 2.79. The van der Waals surface area contributed by atoms with Crippen LogP contribution >= 0.6 is 0 Å². The molecule has 3 rings (SSSR count). The average molecular weight is 361 g/mol. The van der Waals surface area contributed by atoms with Gasteiger partial charge in [0.25, 0.3) is 5.56 Å². The van der Waals surface area contributed by atoms with E-state index in [1.165, 1.54) is 23.9 Å². The molecule has 2 N–H and O–H groups in total. The van der Waals surface area contributed by atoms with Crippen LogP contribution in [0.15, 0.2) is 52.2 Å². The molecule has 2 heterocycles. The Morgan fingerprint density at radius 3 is 2.77 bits per heavy atom. The van der Waals surface area contributed by atoms with Gasteiger partial charge in [0.15, 0.2) is 12.3 Å². The molecule has 26 heavy (non-hydrogen) atoms. The number of ether oxygens (including phenoxy) is 3. The van der Waals surface area contributed by atoms with Crippen molar-refractivity contribution in [2.45, 2.75) is 24.9 Å². The number of hydrogen-bond donors (Lipinski definition) is 2. The molecule has 0 saturated carbocycles. The molecule has 1 aromatic heterocycles. The zero-order valence-electron chi connectivity index (χ0n) is 14.1. The van der Waals surface area contributed by atoms with E-state index in [0.29, 0.717) is 12.1 Å². The first-order valence-electron chi connectivity index (χ1n) is 8.05. The molecule has 0 spiro atoms. The molecular formula is C17H19N3O6. The quantitative estimate of drug-likeness (QED) is 0.824. The minimum absolute atomic E-state index is 0.286. The van der Waals surface area contributed by atoms with Gasteiger partial charge in [0.05, 0.1) is 12.7 Å². The van der Waals surface area contributed by atoms with Crippen LogP contribution in [0, 0.1) is 0 Å². The number of rotatable bonds is 5. The first-order valence-corrected chi connectivity index (χ1v) is 8.05. The summed E-state index contributed by atoms with van der Waals surface area (Å²) in [4.78, 5) is 37.7. The van der Waals surface area contributed by atoms with E-state index >= 15 is 0 Å². The van der Waals surface area contributed by atoms with Crippen LogP contribution < -0.4 is 16.6 Å². The van der Waals surface area contributed by atoms with Gasteiger partial charge in [-0.2, -0.15) is 0 Å². The molecule has 1 unspecified atom stereocenters. The van der Waals surface area contributed by atoms with Gasteiger partial charge in [0.2, 0.25) is 0 Å². The third-order valence-electron chi connectivity index (χ3n) is 3.90. The highest BCUT2D eigenvalue weighted by Gasteiger charge is 2.39. The number of nitrogens with one attached hydrogen (secondary N) is 2. The molecule has 3 atom stereocenters. The largest absolute Gasteiger partial charge is 0.441 e. The Hall–Kier alpha value is -2.91. The summed E-state index contributed by atoms with van der Waals surface area (Å²) in [5.74, 6) is 0. The Balaban J connectivity index is 1.76. The molecule has 2 aromatic rings. The first-order chi connectivity index (χ1) is 12.6. The Labute approximate surface area is 148 Å². The van der Waals surface area contributed by atoms with Gasteiger partial charge in [0.1, 0.15) is 0 Å². The van der Waals surface area contributed by atoms with Crippen LogP contribution in [0.3, 0.4) is 0 Å². The lowest BCUT2D eigenvalue weighted by atomic mass is 10.2. The van der Waals surface area contributed by atoms with E-state index in [4.69, 9.17) is 14.2 Å². The van der Waals surface area contributed by atoms with Gasteiger partial charge in [-0.3, -0.25) is 19.7 Å². The molecule has 0 bridgehead atoms. The SMILES string of the molecule is COC[C@@H]1C[C@H](OC(=O)Nc2ccccc2)C(n2ccc(=O)[nH]c2=O)O1. The molecule has 9 heteroatoms. The van der Waals surface area contributed by atoms with Crippen LogP contribution in [0.25, 0.3) is 0 Å². The maximum Gasteiger partial charge on any atom is 0.412 e. The lowest BCUT2D eigenvalue weighted by Gasteiger charge is -2.20. The van der Waals surface area contributed by atoms with Gasteiger partial charge in [-0.15, -0.1) is 0 Å². The number of nitrogens with zero attached hydrogens (tertiary/aromatic N) is 1. The standard InChI is InChI=1S/C17H19N3O6/c1-24-10-12-9-13(26-17(23)18-11-5-3-2-4-6-11)15(25-12)20-8-7-14(21)19-16(20)22/h2-8,12-13,15H,9-10H2,1H3,(H,18,23)(H,19,21,22)/t12-,13-,15?/m0/s1. The Morgan fingerprint density at radius 1 is 1.31 bits per heavy atom. The smallest absolute Gasteiger partial charge is 0.412 e. The van der Waals surface area contributed by atoms with Crippen molar-refractivity contribution in [1.82, 2.24) is 9.55 Å². The third-order valence-corrected chi connectivity index (χ3v) is 3.90. The lowest BCUT2D eigenvalue weighted by Crippen LogP contribution is -2.37. The maximum absolute atomic E-state index is 12.2. The summed E-state index contributed by atoms with van der Waals surface area (Å²) in [6.45, 7) is 0.286. The van der Waals surface area contributed by atoms with Gasteiger partial charge in [0, 0.05) is 31.5 Å². The topological polar surface area (TPSA) is 112 Å². The highest BCUT2D eigenvalue weighted by Crippen LogP contribution is 2.30. The fourth-order valence-electron chi connectivity index (χ4n) is 2.79. The van der Waals surface area contributed by atoms with Crippen molar-refractivity contribution in [2.75, 3.05) is 19.0 Å². The molecule has 0 aliphatic carbocycles. The van der Waals surface area contributed by atoms with Gasteiger partial charge >= 0.3 is 11.8 Å². The highest BCUT2D eigenvalue weighted by atomic mass is 16.6. The second-order valence-electron chi connectivity index (χ2n) is 5.79. The zero-order valence-corrected chi connectivity index (χ0v) is 14.1. The van der Waals surface area contributed by atoms with Crippen molar-refractivity contribution >= 4 is 11.8 Å². The summed E-state index contributed by atoms with van der Waals surface area (Å²) in [6, 6.07) is 10.1. The molecule has 1 amide bonds. The highest BCUT2D eigenvalue weighted by molar-refractivity contribution is 5.84. The van der Waals surface area contributed by atoms with Crippen LogP contribution in [0.4, 0.5) is 10.5 Å². The first kappa shape index (κ1) is 17.9. The molecule has 0 radical (unpaired) electrons. The van der Waals surface area contributed by atoms with Crippen molar-refractivity contribution in [1.29, 1.82) is 0 Å². The van der Waals surface area contributed by atoms with Crippen LogP contribution in [0.1, 0.15) is 12.6 Å². The zero-order chi connectivity index (χ0) is 18.5. The molecule has 1 aliphatic rings. The number of carbonyl (C=O) groups excluding carboxylic acids is 1. The van der Waals surface area contributed by atoms with E-state index < -0.39 is 29.7 Å². The van der Waals surface area contributed by atoms with Crippen molar-refractivity contribution in [3.8, 4) is 0 Å². The number of carbonyl (C=O) groups is 1. The third kappa shape index (κ3) is 4.19. The Bertz CT molecular complexity index is 863. The summed E-state index contributed by atoms with van der Waals surface area (Å²) >= 11 is 0. The number of para-hydroxylation sites is 1. The fraction of sp³-hybridized carbons (Fsp3) is 0.353. The normalized spacial score (nSPS) is 22.1. The van der Waals surface area contributed by atoms with Crippen molar-refractivity contribution in [3.63, 3.8) is 0 Å². The van der Waals surface area contributed by atoms with Crippen LogP contribution in [-0.2, 0) is 14.2 Å². The second kappa shape index (κ2) is 7.98. The predicted octanol–water partition coefficient (Wildman–Crippen LogP) is 1.09. The summed E-state index contributed by atoms with van der Waals surface area (Å²) in [7, 11) is 1.53.